The Bertz CT molecular complexity index is 2830. The third-order valence-corrected chi connectivity index (χ3v) is 13.7. The van der Waals surface area contributed by atoms with Crippen LogP contribution in [-0.2, 0) is 12.8 Å². The van der Waals surface area contributed by atoms with Crippen molar-refractivity contribution in [3.8, 4) is 0 Å². The zero-order valence-corrected chi connectivity index (χ0v) is 51.4. The SMILES string of the molecule is C/C=C/c1ccc(C)c(CC)c1.C=C.C=Cc1ccccc1CC1C=CCCC=C1.CC.CC.CCC.CCC(C)C(/C=C/c1ccc2c(ccc3cc(C(=N)C4=CCC=C4C)ccc32)c1)=C\CCC1=C(C)CCC=C1.CN. The molecule has 0 bridgehead atoms. The highest BCUT2D eigenvalue weighted by molar-refractivity contribution is 6.16. The van der Waals surface area contributed by atoms with Gasteiger partial charge in [0.05, 0.1) is 5.71 Å². The summed E-state index contributed by atoms with van der Waals surface area (Å²) in [6, 6.07) is 32.8. The van der Waals surface area contributed by atoms with E-state index in [-0.39, 0.29) is 0 Å². The summed E-state index contributed by atoms with van der Waals surface area (Å²) in [5.41, 5.74) is 20.9. The monoisotopic (exact) mass is 1040 g/mol. The average Bonchev–Trinajstić information content (AvgIpc) is 3.76. The van der Waals surface area contributed by atoms with Crippen molar-refractivity contribution in [1.82, 2.24) is 0 Å². The van der Waals surface area contributed by atoms with Gasteiger partial charge in [-0.1, -0.05) is 245 Å². The molecule has 1 atom stereocenters. The first-order chi connectivity index (χ1) is 38.0. The minimum atomic E-state index is 0.545. The molecule has 3 aliphatic rings. The minimum absolute atomic E-state index is 0.545. The van der Waals surface area contributed by atoms with Gasteiger partial charge in [-0.3, -0.25) is 5.41 Å². The van der Waals surface area contributed by atoms with E-state index in [1.807, 2.05) is 40.7 Å². The number of allylic oxidation sites excluding steroid dienone is 16. The van der Waals surface area contributed by atoms with Gasteiger partial charge in [-0.15, -0.1) is 13.2 Å². The van der Waals surface area contributed by atoms with E-state index in [2.05, 4.69) is 251 Å². The second-order valence-corrected chi connectivity index (χ2v) is 19.2. The van der Waals surface area contributed by atoms with Crippen molar-refractivity contribution in [2.45, 2.75) is 161 Å². The van der Waals surface area contributed by atoms with Crippen molar-refractivity contribution < 1.29 is 0 Å². The molecule has 0 saturated heterocycles. The number of hydrogen-bond acceptors (Lipinski definition) is 2. The van der Waals surface area contributed by atoms with Crippen LogP contribution in [0.15, 0.2) is 205 Å². The Labute approximate surface area is 478 Å². The summed E-state index contributed by atoms with van der Waals surface area (Å²) in [6.07, 6.45) is 44.0. The van der Waals surface area contributed by atoms with Crippen LogP contribution in [0.5, 0.6) is 0 Å². The fourth-order valence-electron chi connectivity index (χ4n) is 9.29. The molecule has 0 heterocycles. The molecule has 78 heavy (non-hydrogen) atoms. The lowest BCUT2D eigenvalue weighted by molar-refractivity contribution is 0.666. The van der Waals surface area contributed by atoms with E-state index < -0.39 is 0 Å². The Balaban J connectivity index is 0.000000639. The van der Waals surface area contributed by atoms with Crippen molar-refractivity contribution in [3.63, 3.8) is 0 Å². The quantitative estimate of drug-likeness (QED) is 0.0495. The molecule has 5 aromatic carbocycles. The summed E-state index contributed by atoms with van der Waals surface area (Å²) in [4.78, 5) is 0. The highest BCUT2D eigenvalue weighted by Crippen LogP contribution is 2.31. The molecule has 0 spiro atoms. The average molecular weight is 1050 g/mol. The third-order valence-electron chi connectivity index (χ3n) is 13.7. The van der Waals surface area contributed by atoms with Gasteiger partial charge in [-0.05, 0) is 200 Å². The maximum atomic E-state index is 8.73. The van der Waals surface area contributed by atoms with E-state index in [0.717, 1.165) is 49.7 Å². The molecule has 0 radical (unpaired) electrons. The molecule has 0 saturated carbocycles. The molecule has 8 rings (SSSR count). The van der Waals surface area contributed by atoms with Gasteiger partial charge < -0.3 is 5.73 Å². The first-order valence-corrected chi connectivity index (χ1v) is 29.5. The van der Waals surface area contributed by atoms with Gasteiger partial charge in [0.1, 0.15) is 0 Å². The van der Waals surface area contributed by atoms with Gasteiger partial charge in [0.25, 0.3) is 0 Å². The lowest BCUT2D eigenvalue weighted by Gasteiger charge is -2.13. The number of fused-ring (bicyclic) bond motifs is 3. The molecule has 0 aliphatic heterocycles. The summed E-state index contributed by atoms with van der Waals surface area (Å²) in [5, 5.41) is 13.7. The van der Waals surface area contributed by atoms with E-state index in [4.69, 9.17) is 5.41 Å². The maximum absolute atomic E-state index is 8.73. The Kier molecular flexibility index (Phi) is 36.9. The highest BCUT2D eigenvalue weighted by atomic mass is 14.4. The minimum Gasteiger partial charge on any atom is -0.333 e. The molecule has 2 nitrogen and oxygen atoms in total. The summed E-state index contributed by atoms with van der Waals surface area (Å²) in [6.45, 7) is 37.5. The fraction of sp³-hybridized carbons (Fsp3) is 0.355. The van der Waals surface area contributed by atoms with Crippen LogP contribution in [0.4, 0.5) is 0 Å². The summed E-state index contributed by atoms with van der Waals surface area (Å²) < 4.78 is 0. The number of nitrogens with two attached hydrogens (primary N) is 1. The number of aryl methyl sites for hydroxylation is 2. The van der Waals surface area contributed by atoms with E-state index in [1.165, 1.54) is 111 Å². The predicted octanol–water partition coefficient (Wildman–Crippen LogP) is 22.9. The molecule has 0 fully saturated rings. The number of hydrogen-bond donors (Lipinski definition) is 2. The van der Waals surface area contributed by atoms with Crippen LogP contribution in [0.2, 0.25) is 0 Å². The highest BCUT2D eigenvalue weighted by Gasteiger charge is 2.14. The van der Waals surface area contributed by atoms with Crippen LogP contribution < -0.4 is 5.73 Å². The van der Waals surface area contributed by atoms with Gasteiger partial charge in [0, 0.05) is 5.56 Å². The molecule has 0 amide bonds. The normalized spacial score (nSPS) is 13.9. The summed E-state index contributed by atoms with van der Waals surface area (Å²) in [7, 11) is 1.50. The maximum Gasteiger partial charge on any atom is 0.0684 e. The van der Waals surface area contributed by atoms with Gasteiger partial charge in [0.2, 0.25) is 0 Å². The van der Waals surface area contributed by atoms with Crippen molar-refractivity contribution >= 4 is 45.5 Å². The van der Waals surface area contributed by atoms with E-state index in [0.29, 0.717) is 17.5 Å². The predicted molar refractivity (Wildman–Crippen MR) is 358 cm³/mol. The molecule has 2 heteroatoms. The van der Waals surface area contributed by atoms with Crippen molar-refractivity contribution in [3.05, 3.63) is 244 Å². The lowest BCUT2D eigenvalue weighted by Crippen LogP contribution is -2.03. The number of benzene rings is 5. The van der Waals surface area contributed by atoms with E-state index in [9.17, 15) is 0 Å². The second kappa shape index (κ2) is 41.5. The van der Waals surface area contributed by atoms with Crippen LogP contribution >= 0.6 is 0 Å². The molecule has 5 aromatic rings. The zero-order chi connectivity index (χ0) is 58.3. The van der Waals surface area contributed by atoms with Crippen LogP contribution in [0.25, 0.3) is 39.8 Å². The Hall–Kier alpha value is -6.61. The summed E-state index contributed by atoms with van der Waals surface area (Å²) in [5.74, 6) is 1.10. The molecular weight excluding hydrogens is 941 g/mol. The first kappa shape index (κ1) is 69.4. The van der Waals surface area contributed by atoms with Crippen LogP contribution in [0.3, 0.4) is 0 Å². The smallest absolute Gasteiger partial charge is 0.0684 e. The van der Waals surface area contributed by atoms with Gasteiger partial charge in [-0.25, -0.2) is 0 Å². The van der Waals surface area contributed by atoms with Crippen molar-refractivity contribution in [2.75, 3.05) is 7.05 Å². The molecule has 3 N–H and O–H groups in total. The molecule has 3 aliphatic carbocycles. The largest absolute Gasteiger partial charge is 0.333 e. The van der Waals surface area contributed by atoms with Crippen molar-refractivity contribution in [1.29, 1.82) is 5.41 Å². The lowest BCUT2D eigenvalue weighted by atomic mass is 9.92. The van der Waals surface area contributed by atoms with Gasteiger partial charge in [0.15, 0.2) is 0 Å². The second-order valence-electron chi connectivity index (χ2n) is 19.2. The van der Waals surface area contributed by atoms with Crippen molar-refractivity contribution in [2.24, 2.45) is 17.6 Å². The first-order valence-electron chi connectivity index (χ1n) is 29.5. The molecule has 0 aromatic heterocycles. The van der Waals surface area contributed by atoms with E-state index >= 15 is 0 Å². The van der Waals surface area contributed by atoms with Crippen LogP contribution in [-0.4, -0.2) is 12.8 Å². The number of nitrogens with one attached hydrogen (secondary N) is 1. The molecule has 1 unspecified atom stereocenters. The zero-order valence-electron chi connectivity index (χ0n) is 51.4. The van der Waals surface area contributed by atoms with Crippen LogP contribution in [0.1, 0.15) is 180 Å². The van der Waals surface area contributed by atoms with Gasteiger partial charge in [-0.2, -0.15) is 0 Å². The molecule has 418 valence electrons. The standard InChI is InChI=1S/C38H41N.C16H18.C12H16.C3H8.2C2H6.C2H4.CH5N/c1-5-26(2)31(14-9-13-30-12-7-6-10-27(30)3)18-16-29-17-22-36-32(24-29)19-20-33-25-34(21-23-37(33)36)38(39)35-15-8-11-28(35)4;1-2-15-11-7-8-12-16(15)13-14-9-5-3-4-6-10-14;1-4-6-11-8-7-10(3)12(5-2)9-11;1-3-2;4*1-2/h7,11-12,14-26,39H,5-6,8-10,13H2,1-4H3;2,5-12,14H,1,3-4,13H2;4,6-9H,5H2,1-3H3;3H2,1-2H3;2*1-2H3;1-2H2;2H2,1H3/b18-16+,31-14-,39-38?;;6-4+;;;;;. The Morgan fingerprint density at radius 2 is 1.35 bits per heavy atom. The Morgan fingerprint density at radius 1 is 0.731 bits per heavy atom. The van der Waals surface area contributed by atoms with Crippen LogP contribution in [0, 0.1) is 24.2 Å². The number of rotatable bonds is 14. The van der Waals surface area contributed by atoms with Gasteiger partial charge >= 0.3 is 0 Å². The topological polar surface area (TPSA) is 49.9 Å². The van der Waals surface area contributed by atoms with E-state index in [1.54, 1.807) is 5.57 Å². The molecular formula is C76H104N2. The third kappa shape index (κ3) is 23.2. The fourth-order valence-corrected chi connectivity index (χ4v) is 9.29. The Morgan fingerprint density at radius 3 is 1.94 bits per heavy atom. The summed E-state index contributed by atoms with van der Waals surface area (Å²) >= 11 is 0.